The molecule has 4 rings (SSSR count). The summed E-state index contributed by atoms with van der Waals surface area (Å²) in [5, 5.41) is 7.59. The zero-order chi connectivity index (χ0) is 28.7. The summed E-state index contributed by atoms with van der Waals surface area (Å²) in [4.78, 5) is 30.9. The Kier molecular flexibility index (Phi) is 8.86. The predicted molar refractivity (Wildman–Crippen MR) is 160 cm³/mol. The molecule has 0 aliphatic heterocycles. The molecule has 0 unspecified atom stereocenters. The van der Waals surface area contributed by atoms with Crippen molar-refractivity contribution in [2.24, 2.45) is 0 Å². The number of aromatic nitrogens is 1. The van der Waals surface area contributed by atoms with Crippen LogP contribution < -0.4 is 20.1 Å². The van der Waals surface area contributed by atoms with Crippen molar-refractivity contribution in [2.45, 2.75) is 26.4 Å². The molecule has 0 radical (unpaired) electrons. The monoisotopic (exact) mass is 557 g/mol. The van der Waals surface area contributed by atoms with Crippen LogP contribution >= 0.6 is 11.3 Å². The molecule has 4 aromatic rings. The van der Waals surface area contributed by atoms with Gasteiger partial charge in [0.05, 0.1) is 31.3 Å². The molecule has 2 N–H and O–H groups in total. The average molecular weight is 558 g/mol. The van der Waals surface area contributed by atoms with E-state index < -0.39 is 11.7 Å². The van der Waals surface area contributed by atoms with Crippen molar-refractivity contribution in [1.29, 1.82) is 0 Å². The SMILES string of the molecule is COc1ccc(-c2ccc(/C=C/C(=O)Nc3cc(-c4cccs4)ccc3NC(=O)OC(C)(C)C)cn2)cc1OC. The van der Waals surface area contributed by atoms with Gasteiger partial charge in [0.2, 0.25) is 5.91 Å². The fraction of sp³-hybridized carbons (Fsp3) is 0.194. The third-order valence-corrected chi connectivity index (χ3v) is 6.53. The first-order valence-electron chi connectivity index (χ1n) is 12.5. The van der Waals surface area contributed by atoms with Gasteiger partial charge in [0.1, 0.15) is 5.60 Å². The van der Waals surface area contributed by atoms with Gasteiger partial charge < -0.3 is 19.5 Å². The van der Waals surface area contributed by atoms with Crippen LogP contribution in [-0.4, -0.2) is 36.8 Å². The van der Waals surface area contributed by atoms with Crippen LogP contribution in [0.25, 0.3) is 27.8 Å². The lowest BCUT2D eigenvalue weighted by atomic mass is 10.1. The van der Waals surface area contributed by atoms with Crippen LogP contribution in [0, 0.1) is 0 Å². The maximum Gasteiger partial charge on any atom is 0.412 e. The number of anilines is 2. The summed E-state index contributed by atoms with van der Waals surface area (Å²) >= 11 is 1.58. The van der Waals surface area contributed by atoms with Crippen LogP contribution in [0.3, 0.4) is 0 Å². The molecular weight excluding hydrogens is 526 g/mol. The first kappa shape index (κ1) is 28.4. The van der Waals surface area contributed by atoms with Crippen molar-refractivity contribution in [2.75, 3.05) is 24.9 Å². The average Bonchev–Trinajstić information content (AvgIpc) is 3.47. The molecule has 0 atom stereocenters. The highest BCUT2D eigenvalue weighted by molar-refractivity contribution is 7.13. The lowest BCUT2D eigenvalue weighted by molar-refractivity contribution is -0.111. The molecule has 206 valence electrons. The fourth-order valence-electron chi connectivity index (χ4n) is 3.78. The molecule has 2 amide bonds. The largest absolute Gasteiger partial charge is 0.493 e. The number of benzene rings is 2. The molecule has 0 bridgehead atoms. The van der Waals surface area contributed by atoms with E-state index in [9.17, 15) is 9.59 Å². The Morgan fingerprint density at radius 2 is 1.65 bits per heavy atom. The molecule has 0 aliphatic rings. The molecule has 0 aliphatic carbocycles. The van der Waals surface area contributed by atoms with Gasteiger partial charge in [0.15, 0.2) is 11.5 Å². The molecule has 0 saturated heterocycles. The Hall–Kier alpha value is -4.63. The maximum absolute atomic E-state index is 12.9. The minimum absolute atomic E-state index is 0.362. The molecule has 9 heteroatoms. The van der Waals surface area contributed by atoms with Crippen molar-refractivity contribution in [3.63, 3.8) is 0 Å². The molecule has 0 fully saturated rings. The highest BCUT2D eigenvalue weighted by Gasteiger charge is 2.18. The third kappa shape index (κ3) is 7.48. The Labute approximate surface area is 237 Å². The fourth-order valence-corrected chi connectivity index (χ4v) is 4.51. The predicted octanol–water partition coefficient (Wildman–Crippen LogP) is 7.49. The second kappa shape index (κ2) is 12.5. The van der Waals surface area contributed by atoms with Crippen LogP contribution in [0.5, 0.6) is 11.5 Å². The summed E-state index contributed by atoms with van der Waals surface area (Å²) in [5.74, 6) is 0.896. The van der Waals surface area contributed by atoms with E-state index in [4.69, 9.17) is 14.2 Å². The minimum atomic E-state index is -0.657. The Balaban J connectivity index is 1.49. The first-order valence-corrected chi connectivity index (χ1v) is 13.4. The molecule has 8 nitrogen and oxygen atoms in total. The van der Waals surface area contributed by atoms with Crippen LogP contribution in [-0.2, 0) is 9.53 Å². The molecule has 40 heavy (non-hydrogen) atoms. The number of hydrogen-bond acceptors (Lipinski definition) is 7. The van der Waals surface area contributed by atoms with E-state index in [0.29, 0.717) is 22.9 Å². The minimum Gasteiger partial charge on any atom is -0.493 e. The number of amides is 2. The smallest absolute Gasteiger partial charge is 0.412 e. The van der Waals surface area contributed by atoms with E-state index in [1.807, 2.05) is 60.0 Å². The number of nitrogens with zero attached hydrogens (tertiary/aromatic N) is 1. The van der Waals surface area contributed by atoms with E-state index >= 15 is 0 Å². The molecule has 0 spiro atoms. The Morgan fingerprint density at radius 3 is 2.30 bits per heavy atom. The summed E-state index contributed by atoms with van der Waals surface area (Å²) in [7, 11) is 3.18. The van der Waals surface area contributed by atoms with E-state index in [2.05, 4.69) is 15.6 Å². The number of thiophene rings is 1. The second-order valence-electron chi connectivity index (χ2n) is 9.73. The first-order chi connectivity index (χ1) is 19.1. The van der Waals surface area contributed by atoms with Gasteiger partial charge in [-0.15, -0.1) is 11.3 Å². The Bertz CT molecular complexity index is 1510. The van der Waals surface area contributed by atoms with Crippen LogP contribution in [0.15, 0.2) is 78.3 Å². The van der Waals surface area contributed by atoms with Gasteiger partial charge in [-0.3, -0.25) is 15.1 Å². The summed E-state index contributed by atoms with van der Waals surface area (Å²) < 4.78 is 16.1. The number of carbonyl (C=O) groups is 2. The topological polar surface area (TPSA) is 98.8 Å². The molecule has 2 aromatic carbocycles. The van der Waals surface area contributed by atoms with Crippen molar-refractivity contribution >= 4 is 40.8 Å². The number of pyridine rings is 1. The molecular formula is C31H31N3O5S. The third-order valence-electron chi connectivity index (χ3n) is 5.61. The number of rotatable bonds is 8. The van der Waals surface area contributed by atoms with Gasteiger partial charge >= 0.3 is 6.09 Å². The highest BCUT2D eigenvalue weighted by atomic mass is 32.1. The molecule has 0 saturated carbocycles. The van der Waals surface area contributed by atoms with Crippen molar-refractivity contribution < 1.29 is 23.8 Å². The van der Waals surface area contributed by atoms with Gasteiger partial charge in [0.25, 0.3) is 0 Å². The zero-order valence-electron chi connectivity index (χ0n) is 23.0. The lowest BCUT2D eigenvalue weighted by Crippen LogP contribution is -2.27. The number of hydrogen-bond donors (Lipinski definition) is 2. The van der Waals surface area contributed by atoms with Crippen molar-refractivity contribution in [3.8, 4) is 33.2 Å². The van der Waals surface area contributed by atoms with Crippen LogP contribution in [0.4, 0.5) is 16.2 Å². The molecule has 2 aromatic heterocycles. The quantitative estimate of drug-likeness (QED) is 0.218. The van der Waals surface area contributed by atoms with E-state index in [-0.39, 0.29) is 5.91 Å². The summed E-state index contributed by atoms with van der Waals surface area (Å²) in [6.45, 7) is 5.36. The van der Waals surface area contributed by atoms with Crippen LogP contribution in [0.2, 0.25) is 0 Å². The standard InChI is InChI=1S/C31H31N3O5S/c1-31(2,3)39-30(36)34-24-13-10-22(28-7-6-16-40-28)17-25(24)33-29(35)15-9-20-8-12-23(32-19-20)21-11-14-26(37-4)27(18-21)38-5/h6-19H,1-5H3,(H,33,35)(H,34,36)/b15-9+. The summed E-state index contributed by atoms with van der Waals surface area (Å²) in [6, 6.07) is 18.7. The van der Waals surface area contributed by atoms with E-state index in [1.165, 1.54) is 6.08 Å². The number of nitrogens with one attached hydrogen (secondary N) is 2. The lowest BCUT2D eigenvalue weighted by Gasteiger charge is -2.20. The van der Waals surface area contributed by atoms with E-state index in [1.54, 1.807) is 64.7 Å². The maximum atomic E-state index is 12.9. The normalized spacial score (nSPS) is 11.2. The van der Waals surface area contributed by atoms with Crippen LogP contribution in [0.1, 0.15) is 26.3 Å². The van der Waals surface area contributed by atoms with Gasteiger partial charge in [-0.1, -0.05) is 18.2 Å². The van der Waals surface area contributed by atoms with E-state index in [0.717, 1.165) is 27.3 Å². The zero-order valence-corrected chi connectivity index (χ0v) is 23.8. The summed E-state index contributed by atoms with van der Waals surface area (Å²) in [6.07, 6.45) is 4.17. The second-order valence-corrected chi connectivity index (χ2v) is 10.7. The van der Waals surface area contributed by atoms with Crippen molar-refractivity contribution in [1.82, 2.24) is 4.98 Å². The number of carbonyl (C=O) groups excluding carboxylic acids is 2. The van der Waals surface area contributed by atoms with Crippen molar-refractivity contribution in [3.05, 3.63) is 83.9 Å². The Morgan fingerprint density at radius 1 is 0.875 bits per heavy atom. The van der Waals surface area contributed by atoms with Gasteiger partial charge in [-0.2, -0.15) is 0 Å². The molecule has 2 heterocycles. The van der Waals surface area contributed by atoms with Gasteiger partial charge in [-0.05, 0) is 85.8 Å². The van der Waals surface area contributed by atoms with Gasteiger partial charge in [0, 0.05) is 22.7 Å². The number of ether oxygens (including phenoxy) is 3. The highest BCUT2D eigenvalue weighted by Crippen LogP contribution is 2.33. The van der Waals surface area contributed by atoms with Gasteiger partial charge in [-0.25, -0.2) is 4.79 Å². The number of methoxy groups -OCH3 is 2. The summed E-state index contributed by atoms with van der Waals surface area (Å²) in [5.41, 5.74) is 3.52.